The summed E-state index contributed by atoms with van der Waals surface area (Å²) in [6.07, 6.45) is 6.99. The normalized spacial score (nSPS) is 16.6. The van der Waals surface area contributed by atoms with Gasteiger partial charge in [0.25, 0.3) is 0 Å². The Morgan fingerprint density at radius 2 is 2.64 bits per heavy atom. The van der Waals surface area contributed by atoms with Crippen LogP contribution in [0.1, 0.15) is 19.8 Å². The van der Waals surface area contributed by atoms with Crippen molar-refractivity contribution in [3.05, 3.63) is 24.0 Å². The van der Waals surface area contributed by atoms with Gasteiger partial charge in [0.15, 0.2) is 5.76 Å². The Hall–Kier alpha value is -1.05. The monoisotopic (exact) mass is 152 g/mol. The molecule has 0 amide bonds. The number of rotatable bonds is 3. The molecule has 0 aromatic carbocycles. The van der Waals surface area contributed by atoms with Gasteiger partial charge in [-0.2, -0.15) is 0 Å². The van der Waals surface area contributed by atoms with Crippen molar-refractivity contribution in [2.45, 2.75) is 19.8 Å². The van der Waals surface area contributed by atoms with E-state index in [1.165, 1.54) is 0 Å². The van der Waals surface area contributed by atoms with E-state index >= 15 is 0 Å². The minimum absolute atomic E-state index is 0.00986. The molecule has 0 spiro atoms. The molecule has 0 unspecified atom stereocenters. The Morgan fingerprint density at radius 3 is 3.18 bits per heavy atom. The Kier molecular flexibility index (Phi) is 2.90. The maximum absolute atomic E-state index is 11.1. The summed E-state index contributed by atoms with van der Waals surface area (Å²) in [4.78, 5) is 11.1. The molecule has 2 heteroatoms. The van der Waals surface area contributed by atoms with Gasteiger partial charge in [0, 0.05) is 6.42 Å². The van der Waals surface area contributed by atoms with Crippen molar-refractivity contribution in [2.75, 3.05) is 6.61 Å². The van der Waals surface area contributed by atoms with Crippen molar-refractivity contribution in [3.63, 3.8) is 0 Å². The summed E-state index contributed by atoms with van der Waals surface area (Å²) < 4.78 is 5.07. The number of hydrogen-bond donors (Lipinski definition) is 0. The molecule has 0 atom stereocenters. The fourth-order valence-electron chi connectivity index (χ4n) is 0.897. The Balaban J connectivity index is 2.47. The maximum Gasteiger partial charge on any atom is 0.219 e. The molecule has 0 radical (unpaired) electrons. The Labute approximate surface area is 66.5 Å². The zero-order valence-electron chi connectivity index (χ0n) is 6.67. The van der Waals surface area contributed by atoms with Gasteiger partial charge in [0.1, 0.15) is 0 Å². The van der Waals surface area contributed by atoms with Gasteiger partial charge in [-0.3, -0.25) is 4.79 Å². The van der Waals surface area contributed by atoms with Crippen LogP contribution in [0.4, 0.5) is 0 Å². The average molecular weight is 152 g/mol. The molecular weight excluding hydrogens is 140 g/mol. The van der Waals surface area contributed by atoms with Crippen LogP contribution in [0.2, 0.25) is 0 Å². The van der Waals surface area contributed by atoms with E-state index in [2.05, 4.69) is 0 Å². The molecule has 1 aliphatic rings. The number of ketones is 1. The van der Waals surface area contributed by atoms with Crippen molar-refractivity contribution in [2.24, 2.45) is 0 Å². The fraction of sp³-hybridized carbons (Fsp3) is 0.444. The van der Waals surface area contributed by atoms with Crippen LogP contribution in [-0.4, -0.2) is 12.4 Å². The predicted octanol–water partition coefficient (Wildman–Crippen LogP) is 1.83. The van der Waals surface area contributed by atoms with E-state index in [1.54, 1.807) is 6.08 Å². The van der Waals surface area contributed by atoms with E-state index in [1.807, 2.05) is 19.1 Å². The minimum atomic E-state index is -0.00986. The summed E-state index contributed by atoms with van der Waals surface area (Å²) in [6.45, 7) is 2.65. The summed E-state index contributed by atoms with van der Waals surface area (Å²) in [5.41, 5.74) is 0. The van der Waals surface area contributed by atoms with Gasteiger partial charge in [-0.25, -0.2) is 0 Å². The molecule has 0 saturated carbocycles. The number of hydrogen-bond acceptors (Lipinski definition) is 2. The minimum Gasteiger partial charge on any atom is -0.490 e. The topological polar surface area (TPSA) is 26.3 Å². The molecule has 0 saturated heterocycles. The molecule has 60 valence electrons. The van der Waals surface area contributed by atoms with Gasteiger partial charge in [-0.1, -0.05) is 13.0 Å². The van der Waals surface area contributed by atoms with Crippen molar-refractivity contribution >= 4 is 5.78 Å². The van der Waals surface area contributed by atoms with Crippen LogP contribution in [0.5, 0.6) is 0 Å². The van der Waals surface area contributed by atoms with Crippen molar-refractivity contribution in [1.29, 1.82) is 0 Å². The van der Waals surface area contributed by atoms with Crippen molar-refractivity contribution < 1.29 is 9.53 Å². The molecule has 0 aromatic heterocycles. The molecule has 1 rings (SSSR count). The van der Waals surface area contributed by atoms with Crippen LogP contribution < -0.4 is 0 Å². The lowest BCUT2D eigenvalue weighted by molar-refractivity contribution is -0.114. The van der Waals surface area contributed by atoms with Gasteiger partial charge >= 0.3 is 0 Å². The van der Waals surface area contributed by atoms with Gasteiger partial charge in [0.2, 0.25) is 5.78 Å². The van der Waals surface area contributed by atoms with E-state index in [0.717, 1.165) is 12.8 Å². The Morgan fingerprint density at radius 1 is 1.82 bits per heavy atom. The number of carbonyl (C=O) groups excluding carboxylic acids is 1. The van der Waals surface area contributed by atoms with E-state index in [-0.39, 0.29) is 5.78 Å². The van der Waals surface area contributed by atoms with Crippen LogP contribution in [0.25, 0.3) is 0 Å². The standard InChI is InChI=1S/C9H12O2/c1-2-3-5-8(10)9-6-4-7-11-9/h3,5-6H,2,4,7H2,1H3/b5-3+. The van der Waals surface area contributed by atoms with E-state index in [9.17, 15) is 4.79 Å². The summed E-state index contributed by atoms with van der Waals surface area (Å²) in [5.74, 6) is 0.499. The van der Waals surface area contributed by atoms with Gasteiger partial charge < -0.3 is 4.74 Å². The van der Waals surface area contributed by atoms with E-state index in [4.69, 9.17) is 4.74 Å². The first-order valence-electron chi connectivity index (χ1n) is 3.88. The average Bonchev–Trinajstić information content (AvgIpc) is 2.52. The zero-order chi connectivity index (χ0) is 8.10. The lowest BCUT2D eigenvalue weighted by atomic mass is 10.2. The van der Waals surface area contributed by atoms with Gasteiger partial charge in [-0.05, 0) is 18.6 Å². The molecule has 0 bridgehead atoms. The zero-order valence-corrected chi connectivity index (χ0v) is 6.67. The second-order valence-corrected chi connectivity index (χ2v) is 2.38. The first kappa shape index (κ1) is 8.05. The number of carbonyl (C=O) groups is 1. The van der Waals surface area contributed by atoms with E-state index in [0.29, 0.717) is 12.4 Å². The third-order valence-corrected chi connectivity index (χ3v) is 1.45. The van der Waals surface area contributed by atoms with Crippen molar-refractivity contribution in [1.82, 2.24) is 0 Å². The van der Waals surface area contributed by atoms with Gasteiger partial charge in [0.05, 0.1) is 6.61 Å². The molecule has 0 fully saturated rings. The fourth-order valence-corrected chi connectivity index (χ4v) is 0.897. The molecule has 0 aromatic rings. The highest BCUT2D eigenvalue weighted by molar-refractivity contribution is 6.02. The van der Waals surface area contributed by atoms with Crippen LogP contribution in [0, 0.1) is 0 Å². The highest BCUT2D eigenvalue weighted by atomic mass is 16.5. The molecule has 11 heavy (non-hydrogen) atoms. The largest absolute Gasteiger partial charge is 0.490 e. The summed E-state index contributed by atoms with van der Waals surface area (Å²) in [6, 6.07) is 0. The third kappa shape index (κ3) is 2.22. The smallest absolute Gasteiger partial charge is 0.219 e. The maximum atomic E-state index is 11.1. The highest BCUT2D eigenvalue weighted by Gasteiger charge is 2.10. The number of allylic oxidation sites excluding steroid dienone is 2. The SMILES string of the molecule is CC/C=C/C(=O)C1=CCCO1. The first-order valence-corrected chi connectivity index (χ1v) is 3.88. The highest BCUT2D eigenvalue weighted by Crippen LogP contribution is 2.10. The lowest BCUT2D eigenvalue weighted by Crippen LogP contribution is -1.98. The molecule has 0 N–H and O–H groups in total. The van der Waals surface area contributed by atoms with E-state index < -0.39 is 0 Å². The predicted molar refractivity (Wildman–Crippen MR) is 43.1 cm³/mol. The summed E-state index contributed by atoms with van der Waals surface area (Å²) in [5, 5.41) is 0. The van der Waals surface area contributed by atoms with Crippen LogP contribution in [0.3, 0.4) is 0 Å². The molecule has 2 nitrogen and oxygen atoms in total. The second-order valence-electron chi connectivity index (χ2n) is 2.38. The van der Waals surface area contributed by atoms with Gasteiger partial charge in [-0.15, -0.1) is 0 Å². The summed E-state index contributed by atoms with van der Waals surface area (Å²) in [7, 11) is 0. The molecular formula is C9H12O2. The Bertz CT molecular complexity index is 202. The summed E-state index contributed by atoms with van der Waals surface area (Å²) >= 11 is 0. The van der Waals surface area contributed by atoms with Crippen molar-refractivity contribution in [3.8, 4) is 0 Å². The molecule has 1 aliphatic heterocycles. The molecule has 1 heterocycles. The molecule has 0 aliphatic carbocycles. The van der Waals surface area contributed by atoms with Crippen LogP contribution >= 0.6 is 0 Å². The first-order chi connectivity index (χ1) is 5.34. The third-order valence-electron chi connectivity index (χ3n) is 1.45. The van der Waals surface area contributed by atoms with Crippen LogP contribution in [0.15, 0.2) is 24.0 Å². The number of ether oxygens (including phenoxy) is 1. The second kappa shape index (κ2) is 3.96. The van der Waals surface area contributed by atoms with Crippen LogP contribution in [-0.2, 0) is 9.53 Å². The lowest BCUT2D eigenvalue weighted by Gasteiger charge is -1.96. The quantitative estimate of drug-likeness (QED) is 0.576.